The van der Waals surface area contributed by atoms with Crippen LogP contribution in [0.25, 0.3) is 0 Å². The molecule has 0 radical (unpaired) electrons. The number of carbonyl (C=O) groups excluding carboxylic acids is 1. The van der Waals surface area contributed by atoms with Crippen molar-refractivity contribution in [2.24, 2.45) is 0 Å². The van der Waals surface area contributed by atoms with Crippen LogP contribution >= 0.6 is 0 Å². The van der Waals surface area contributed by atoms with Gasteiger partial charge in [-0.1, -0.05) is 18.2 Å². The first-order valence-electron chi connectivity index (χ1n) is 8.75. The molecular weight excluding hydrogens is 307 g/mol. The van der Waals surface area contributed by atoms with Gasteiger partial charge in [0.15, 0.2) is 0 Å². The van der Waals surface area contributed by atoms with E-state index in [1.165, 1.54) is 6.07 Å². The molecule has 1 aliphatic rings. The highest BCUT2D eigenvalue weighted by Crippen LogP contribution is 2.34. The Hall–Kier alpha value is -1.46. The average Bonchev–Trinajstić information content (AvgIpc) is 2.49. The molecular formula is C19H29FN2O2. The minimum atomic E-state index is -1.14. The molecule has 1 aliphatic heterocycles. The third-order valence-corrected chi connectivity index (χ3v) is 4.82. The lowest BCUT2D eigenvalue weighted by atomic mass is 9.84. The standard InChI is InChI=1S/C19H29FN2O2/c1-14(2)22(15(3)4)18(23)13-21-11-9-19(24,10-12-21)16-7-5-6-8-17(16)20/h5-8,14-15,24H,9-13H2,1-4H3. The van der Waals surface area contributed by atoms with Crippen LogP contribution in [-0.2, 0) is 10.4 Å². The molecule has 1 fully saturated rings. The van der Waals surface area contributed by atoms with Crippen LogP contribution in [0.2, 0.25) is 0 Å². The summed E-state index contributed by atoms with van der Waals surface area (Å²) in [6.45, 7) is 9.59. The predicted octanol–water partition coefficient (Wildman–Crippen LogP) is 2.75. The first-order chi connectivity index (χ1) is 11.2. The van der Waals surface area contributed by atoms with Crippen LogP contribution in [0.1, 0.15) is 46.1 Å². The molecule has 1 N–H and O–H groups in total. The van der Waals surface area contributed by atoms with Crippen LogP contribution in [0, 0.1) is 5.82 Å². The van der Waals surface area contributed by atoms with Gasteiger partial charge in [0.05, 0.1) is 12.1 Å². The molecule has 134 valence electrons. The van der Waals surface area contributed by atoms with Crippen molar-refractivity contribution in [2.75, 3.05) is 19.6 Å². The summed E-state index contributed by atoms with van der Waals surface area (Å²) in [4.78, 5) is 16.5. The Morgan fingerprint density at radius 2 is 1.75 bits per heavy atom. The maximum atomic E-state index is 14.0. The van der Waals surface area contributed by atoms with E-state index in [1.54, 1.807) is 18.2 Å². The van der Waals surface area contributed by atoms with E-state index < -0.39 is 5.60 Å². The van der Waals surface area contributed by atoms with Crippen molar-refractivity contribution in [3.63, 3.8) is 0 Å². The number of likely N-dealkylation sites (tertiary alicyclic amines) is 1. The van der Waals surface area contributed by atoms with Gasteiger partial charge < -0.3 is 10.0 Å². The Kier molecular flexibility index (Phi) is 5.99. The minimum absolute atomic E-state index is 0.108. The normalized spacial score (nSPS) is 18.2. The monoisotopic (exact) mass is 336 g/mol. The van der Waals surface area contributed by atoms with Crippen molar-refractivity contribution in [3.05, 3.63) is 35.6 Å². The van der Waals surface area contributed by atoms with E-state index in [2.05, 4.69) is 4.90 Å². The largest absolute Gasteiger partial charge is 0.385 e. The van der Waals surface area contributed by atoms with Crippen molar-refractivity contribution in [1.82, 2.24) is 9.80 Å². The smallest absolute Gasteiger partial charge is 0.237 e. The molecule has 0 aromatic heterocycles. The zero-order chi connectivity index (χ0) is 17.9. The van der Waals surface area contributed by atoms with E-state index in [4.69, 9.17) is 0 Å². The SMILES string of the molecule is CC(C)N(C(=O)CN1CCC(O)(c2ccccc2F)CC1)C(C)C. The average molecular weight is 336 g/mol. The fraction of sp³-hybridized carbons (Fsp3) is 0.632. The molecule has 2 rings (SSSR count). The summed E-state index contributed by atoms with van der Waals surface area (Å²) in [6, 6.07) is 6.73. The fourth-order valence-corrected chi connectivity index (χ4v) is 3.63. The van der Waals surface area contributed by atoms with Crippen molar-refractivity contribution in [1.29, 1.82) is 0 Å². The quantitative estimate of drug-likeness (QED) is 0.899. The third kappa shape index (κ3) is 4.14. The zero-order valence-corrected chi connectivity index (χ0v) is 15.1. The predicted molar refractivity (Wildman–Crippen MR) is 93.1 cm³/mol. The molecule has 0 unspecified atom stereocenters. The van der Waals surface area contributed by atoms with Gasteiger partial charge in [-0.25, -0.2) is 4.39 Å². The van der Waals surface area contributed by atoms with Crippen molar-refractivity contribution in [2.45, 2.75) is 58.2 Å². The molecule has 0 atom stereocenters. The summed E-state index contributed by atoms with van der Waals surface area (Å²) >= 11 is 0. The molecule has 1 amide bonds. The number of hydrogen-bond donors (Lipinski definition) is 1. The van der Waals surface area contributed by atoms with Crippen LogP contribution in [0.5, 0.6) is 0 Å². The minimum Gasteiger partial charge on any atom is -0.385 e. The second-order valence-electron chi connectivity index (χ2n) is 7.28. The summed E-state index contributed by atoms with van der Waals surface area (Å²) in [6.07, 6.45) is 0.870. The maximum absolute atomic E-state index is 14.0. The maximum Gasteiger partial charge on any atom is 0.237 e. The molecule has 1 saturated heterocycles. The van der Waals surface area contributed by atoms with Gasteiger partial charge in [0.25, 0.3) is 0 Å². The third-order valence-electron chi connectivity index (χ3n) is 4.82. The number of aliphatic hydroxyl groups is 1. The van der Waals surface area contributed by atoms with Gasteiger partial charge in [-0.05, 0) is 46.6 Å². The van der Waals surface area contributed by atoms with Gasteiger partial charge in [-0.15, -0.1) is 0 Å². The van der Waals surface area contributed by atoms with Crippen LogP contribution < -0.4 is 0 Å². The van der Waals surface area contributed by atoms with E-state index in [9.17, 15) is 14.3 Å². The molecule has 24 heavy (non-hydrogen) atoms. The van der Waals surface area contributed by atoms with Gasteiger partial charge in [-0.2, -0.15) is 0 Å². The first kappa shape index (κ1) is 18.9. The lowest BCUT2D eigenvalue weighted by Crippen LogP contribution is -2.50. The molecule has 0 spiro atoms. The van der Waals surface area contributed by atoms with Crippen LogP contribution in [-0.4, -0.2) is 52.5 Å². The van der Waals surface area contributed by atoms with Gasteiger partial charge in [-0.3, -0.25) is 9.69 Å². The lowest BCUT2D eigenvalue weighted by Gasteiger charge is -2.40. The van der Waals surface area contributed by atoms with Gasteiger partial charge in [0.2, 0.25) is 5.91 Å². The molecule has 0 saturated carbocycles. The number of amides is 1. The van der Waals surface area contributed by atoms with Crippen molar-refractivity contribution >= 4 is 5.91 Å². The Labute approximate surface area is 144 Å². The van der Waals surface area contributed by atoms with E-state index in [0.717, 1.165) is 0 Å². The molecule has 1 heterocycles. The van der Waals surface area contributed by atoms with E-state index in [0.29, 0.717) is 38.0 Å². The molecule has 0 aliphatic carbocycles. The Morgan fingerprint density at radius 1 is 1.21 bits per heavy atom. The van der Waals surface area contributed by atoms with Crippen molar-refractivity contribution < 1.29 is 14.3 Å². The second-order valence-corrected chi connectivity index (χ2v) is 7.28. The fourth-order valence-electron chi connectivity index (χ4n) is 3.63. The van der Waals surface area contributed by atoms with Gasteiger partial charge >= 0.3 is 0 Å². The molecule has 1 aromatic carbocycles. The zero-order valence-electron chi connectivity index (χ0n) is 15.1. The topological polar surface area (TPSA) is 43.8 Å². The number of benzene rings is 1. The Morgan fingerprint density at radius 3 is 2.25 bits per heavy atom. The number of piperidine rings is 1. The van der Waals surface area contributed by atoms with E-state index in [-0.39, 0.29) is 23.8 Å². The van der Waals surface area contributed by atoms with Gasteiger partial charge in [0, 0.05) is 30.7 Å². The lowest BCUT2D eigenvalue weighted by molar-refractivity contribution is -0.137. The Bertz CT molecular complexity index is 558. The molecule has 5 heteroatoms. The summed E-state index contributed by atoms with van der Waals surface area (Å²) in [5.41, 5.74) is -0.775. The highest BCUT2D eigenvalue weighted by atomic mass is 19.1. The van der Waals surface area contributed by atoms with E-state index >= 15 is 0 Å². The summed E-state index contributed by atoms with van der Waals surface area (Å²) < 4.78 is 14.0. The van der Waals surface area contributed by atoms with Gasteiger partial charge in [0.1, 0.15) is 5.82 Å². The number of halogens is 1. The first-order valence-corrected chi connectivity index (χ1v) is 8.75. The molecule has 1 aromatic rings. The van der Waals surface area contributed by atoms with Crippen LogP contribution in [0.4, 0.5) is 4.39 Å². The van der Waals surface area contributed by atoms with Crippen LogP contribution in [0.3, 0.4) is 0 Å². The molecule has 4 nitrogen and oxygen atoms in total. The second kappa shape index (κ2) is 7.62. The Balaban J connectivity index is 1.98. The highest BCUT2D eigenvalue weighted by molar-refractivity contribution is 5.78. The van der Waals surface area contributed by atoms with Crippen molar-refractivity contribution in [3.8, 4) is 0 Å². The summed E-state index contributed by atoms with van der Waals surface area (Å²) in [7, 11) is 0. The summed E-state index contributed by atoms with van der Waals surface area (Å²) in [5, 5.41) is 10.8. The van der Waals surface area contributed by atoms with Crippen LogP contribution in [0.15, 0.2) is 24.3 Å². The summed E-state index contributed by atoms with van der Waals surface area (Å²) in [5.74, 6) is -0.258. The highest BCUT2D eigenvalue weighted by Gasteiger charge is 2.36. The number of nitrogens with zero attached hydrogens (tertiary/aromatic N) is 2. The van der Waals surface area contributed by atoms with E-state index in [1.807, 2.05) is 32.6 Å². The number of rotatable bonds is 5. The number of hydrogen-bond acceptors (Lipinski definition) is 3. The molecule has 0 bridgehead atoms. The number of carbonyl (C=O) groups is 1.